The van der Waals surface area contributed by atoms with Crippen molar-refractivity contribution in [2.24, 2.45) is 23.0 Å². The number of hydrogen-bond donors (Lipinski definition) is 1. The topological polar surface area (TPSA) is 97.0 Å². The van der Waals surface area contributed by atoms with E-state index in [2.05, 4.69) is 76.8 Å². The van der Waals surface area contributed by atoms with E-state index in [0.717, 1.165) is 24.0 Å². The van der Waals surface area contributed by atoms with Crippen LogP contribution in [0, 0.1) is 5.92 Å². The summed E-state index contributed by atoms with van der Waals surface area (Å²) in [5, 5.41) is 10.4. The third-order valence-corrected chi connectivity index (χ3v) is 3.32. The largest absolute Gasteiger partial charge is 0.265 e. The highest BCUT2D eigenvalue weighted by Crippen LogP contribution is 2.07. The van der Waals surface area contributed by atoms with Crippen molar-refractivity contribution in [3.05, 3.63) is 24.3 Å². The SMILES string of the molecule is C.CC(C)C1=NCC=N1.CC(C)c1ncn[nH]1.CC(C)c1ncnn1C. The zero-order chi connectivity index (χ0) is 18.8. The molecule has 2 aromatic heterocycles. The fourth-order valence-electron chi connectivity index (χ4n) is 1.96. The summed E-state index contributed by atoms with van der Waals surface area (Å²) in [6, 6.07) is 0. The first-order chi connectivity index (χ1) is 11.8. The van der Waals surface area contributed by atoms with Crippen molar-refractivity contribution in [1.29, 1.82) is 0 Å². The molecule has 0 amide bonds. The van der Waals surface area contributed by atoms with Gasteiger partial charge in [0, 0.05) is 31.0 Å². The standard InChI is InChI=1S/C6H11N3.C6H10N2.C5H9N3.CH4/c1-5(2)6-7-4-8-9(6)3;1-5(2)6-7-3-4-8-6;1-4(2)5-6-3-7-8-5;/h4-5H,1-3H3;3,5H,4H2,1-2H3;3-4H,1-2H3,(H,6,7,8);1H4. The minimum absolute atomic E-state index is 0. The molecule has 0 unspecified atom stereocenters. The Morgan fingerprint density at radius 1 is 0.962 bits per heavy atom. The molecule has 1 N–H and O–H groups in total. The van der Waals surface area contributed by atoms with Crippen molar-refractivity contribution < 1.29 is 0 Å². The van der Waals surface area contributed by atoms with Crippen LogP contribution in [-0.4, -0.2) is 48.5 Å². The number of aromatic amines is 1. The Morgan fingerprint density at radius 2 is 1.65 bits per heavy atom. The normalized spacial score (nSPS) is 12.3. The number of aryl methyl sites for hydroxylation is 1. The Kier molecular flexibility index (Phi) is 10.9. The van der Waals surface area contributed by atoms with Crippen LogP contribution in [0.3, 0.4) is 0 Å². The molecule has 2 aromatic rings. The monoisotopic (exact) mass is 362 g/mol. The second-order valence-corrected chi connectivity index (χ2v) is 6.59. The predicted molar refractivity (Wildman–Crippen MR) is 108 cm³/mol. The maximum atomic E-state index is 4.13. The molecule has 0 spiro atoms. The Morgan fingerprint density at radius 3 is 1.88 bits per heavy atom. The van der Waals surface area contributed by atoms with Gasteiger partial charge in [-0.3, -0.25) is 14.8 Å². The summed E-state index contributed by atoms with van der Waals surface area (Å²) in [5.41, 5.74) is 0. The van der Waals surface area contributed by atoms with E-state index in [1.54, 1.807) is 11.0 Å². The van der Waals surface area contributed by atoms with Crippen molar-refractivity contribution in [3.63, 3.8) is 0 Å². The zero-order valence-electron chi connectivity index (χ0n) is 16.3. The first kappa shape index (κ1) is 23.6. The molecule has 8 nitrogen and oxygen atoms in total. The van der Waals surface area contributed by atoms with Crippen LogP contribution in [-0.2, 0) is 7.05 Å². The quantitative estimate of drug-likeness (QED) is 0.901. The Balaban J connectivity index is 0.000000355. The molecule has 0 aliphatic carbocycles. The molecular weight excluding hydrogens is 328 g/mol. The molecule has 1 aliphatic heterocycles. The molecule has 26 heavy (non-hydrogen) atoms. The van der Waals surface area contributed by atoms with E-state index in [0.29, 0.717) is 17.8 Å². The average Bonchev–Trinajstić information content (AvgIpc) is 3.31. The maximum absolute atomic E-state index is 4.13. The van der Waals surface area contributed by atoms with E-state index >= 15 is 0 Å². The Labute approximate surface area is 157 Å². The lowest BCUT2D eigenvalue weighted by Crippen LogP contribution is -2.00. The molecule has 0 radical (unpaired) electrons. The third kappa shape index (κ3) is 8.13. The highest BCUT2D eigenvalue weighted by Gasteiger charge is 2.04. The highest BCUT2D eigenvalue weighted by atomic mass is 15.3. The molecule has 3 heterocycles. The van der Waals surface area contributed by atoms with E-state index in [-0.39, 0.29) is 7.43 Å². The molecule has 0 saturated heterocycles. The molecule has 0 bridgehead atoms. The zero-order valence-corrected chi connectivity index (χ0v) is 16.3. The van der Waals surface area contributed by atoms with E-state index in [4.69, 9.17) is 0 Å². The lowest BCUT2D eigenvalue weighted by atomic mass is 10.2. The molecule has 8 heteroatoms. The highest BCUT2D eigenvalue weighted by molar-refractivity contribution is 5.95. The Bertz CT molecular complexity index is 651. The van der Waals surface area contributed by atoms with Crippen LogP contribution in [0.1, 0.15) is 72.5 Å². The number of nitrogens with one attached hydrogen (secondary N) is 1. The molecule has 0 saturated carbocycles. The van der Waals surface area contributed by atoms with E-state index in [9.17, 15) is 0 Å². The van der Waals surface area contributed by atoms with Crippen LogP contribution < -0.4 is 0 Å². The van der Waals surface area contributed by atoms with E-state index in [1.165, 1.54) is 6.33 Å². The van der Waals surface area contributed by atoms with Crippen LogP contribution in [0.2, 0.25) is 0 Å². The molecule has 1 aliphatic rings. The van der Waals surface area contributed by atoms with Crippen LogP contribution in [0.4, 0.5) is 0 Å². The van der Waals surface area contributed by atoms with Gasteiger partial charge in [-0.2, -0.15) is 10.2 Å². The summed E-state index contributed by atoms with van der Waals surface area (Å²) in [6.45, 7) is 13.3. The number of nitrogens with zero attached hydrogens (tertiary/aromatic N) is 7. The number of amidine groups is 1. The molecule has 0 fully saturated rings. The maximum Gasteiger partial charge on any atom is 0.138 e. The van der Waals surface area contributed by atoms with E-state index in [1.807, 2.05) is 13.3 Å². The van der Waals surface area contributed by atoms with Gasteiger partial charge < -0.3 is 0 Å². The van der Waals surface area contributed by atoms with Gasteiger partial charge in [0.05, 0.1) is 6.54 Å². The van der Waals surface area contributed by atoms with Crippen molar-refractivity contribution in [2.75, 3.05) is 6.54 Å². The van der Waals surface area contributed by atoms with Crippen molar-refractivity contribution >= 4 is 12.1 Å². The number of aliphatic imine (C=N–C) groups is 2. The summed E-state index contributed by atoms with van der Waals surface area (Å²) in [6.07, 6.45) is 4.94. The van der Waals surface area contributed by atoms with Crippen LogP contribution in [0.25, 0.3) is 0 Å². The Hall–Kier alpha value is -2.38. The van der Waals surface area contributed by atoms with Gasteiger partial charge in [-0.25, -0.2) is 15.0 Å². The summed E-state index contributed by atoms with van der Waals surface area (Å²) < 4.78 is 1.80. The van der Waals surface area contributed by atoms with Crippen molar-refractivity contribution in [2.45, 2.75) is 60.8 Å². The molecule has 146 valence electrons. The van der Waals surface area contributed by atoms with Crippen molar-refractivity contribution in [3.8, 4) is 0 Å². The van der Waals surface area contributed by atoms with Gasteiger partial charge in [-0.05, 0) is 0 Å². The predicted octanol–water partition coefficient (Wildman–Crippen LogP) is 3.63. The molecule has 0 aromatic carbocycles. The fourth-order valence-corrected chi connectivity index (χ4v) is 1.96. The summed E-state index contributed by atoms with van der Waals surface area (Å²) in [7, 11) is 1.91. The lowest BCUT2D eigenvalue weighted by molar-refractivity contribution is 0.655. The third-order valence-electron chi connectivity index (χ3n) is 3.32. The van der Waals surface area contributed by atoms with Crippen LogP contribution in [0.15, 0.2) is 22.6 Å². The van der Waals surface area contributed by atoms with Gasteiger partial charge in [0.1, 0.15) is 30.1 Å². The first-order valence-corrected chi connectivity index (χ1v) is 8.58. The van der Waals surface area contributed by atoms with Gasteiger partial charge >= 0.3 is 0 Å². The van der Waals surface area contributed by atoms with Gasteiger partial charge in [-0.1, -0.05) is 49.0 Å². The average molecular weight is 363 g/mol. The molecular formula is C18H34N8. The van der Waals surface area contributed by atoms with Gasteiger partial charge in [0.15, 0.2) is 0 Å². The second-order valence-electron chi connectivity index (χ2n) is 6.59. The number of rotatable bonds is 3. The molecule has 3 rings (SSSR count). The number of hydrogen-bond acceptors (Lipinski definition) is 6. The smallest absolute Gasteiger partial charge is 0.138 e. The fraction of sp³-hybridized carbons (Fsp3) is 0.667. The first-order valence-electron chi connectivity index (χ1n) is 8.58. The summed E-state index contributed by atoms with van der Waals surface area (Å²) in [5.74, 6) is 4.40. The molecule has 0 atom stereocenters. The summed E-state index contributed by atoms with van der Waals surface area (Å²) in [4.78, 5) is 16.2. The lowest BCUT2D eigenvalue weighted by Gasteiger charge is -2.00. The summed E-state index contributed by atoms with van der Waals surface area (Å²) >= 11 is 0. The van der Waals surface area contributed by atoms with Gasteiger partial charge in [0.25, 0.3) is 0 Å². The minimum atomic E-state index is 0. The van der Waals surface area contributed by atoms with Crippen LogP contribution >= 0.6 is 0 Å². The number of aromatic nitrogens is 6. The van der Waals surface area contributed by atoms with Gasteiger partial charge in [-0.15, -0.1) is 0 Å². The van der Waals surface area contributed by atoms with Crippen LogP contribution in [0.5, 0.6) is 0 Å². The minimum Gasteiger partial charge on any atom is -0.265 e. The van der Waals surface area contributed by atoms with E-state index < -0.39 is 0 Å². The number of H-pyrrole nitrogens is 1. The van der Waals surface area contributed by atoms with Gasteiger partial charge in [0.2, 0.25) is 0 Å². The van der Waals surface area contributed by atoms with Crippen molar-refractivity contribution in [1.82, 2.24) is 29.9 Å². The second kappa shape index (κ2) is 12.1.